The highest BCUT2D eigenvalue weighted by Crippen LogP contribution is 2.58. The van der Waals surface area contributed by atoms with Crippen molar-refractivity contribution in [3.8, 4) is 0 Å². The van der Waals surface area contributed by atoms with E-state index in [0.29, 0.717) is 30.1 Å². The number of hydrogen-bond acceptors (Lipinski definition) is 1. The molecule has 3 aromatic rings. The molecule has 0 spiro atoms. The molecule has 0 amide bonds. The Bertz CT molecular complexity index is 913. The smallest absolute Gasteiger partial charge is 0.172 e. The van der Waals surface area contributed by atoms with Crippen molar-refractivity contribution in [2.24, 2.45) is 0 Å². The lowest BCUT2D eigenvalue weighted by molar-refractivity contribution is 0.560. The van der Waals surface area contributed by atoms with Gasteiger partial charge in [-0.25, -0.2) is 4.39 Å². The van der Waals surface area contributed by atoms with E-state index in [1.807, 2.05) is 83.3 Å². The van der Waals surface area contributed by atoms with Crippen LogP contribution in [0.2, 0.25) is 5.02 Å². The lowest BCUT2D eigenvalue weighted by atomic mass is 10.2. The first-order valence-electron chi connectivity index (χ1n) is 7.99. The highest BCUT2D eigenvalue weighted by atomic mass is 127. The highest BCUT2D eigenvalue weighted by Gasteiger charge is 2.34. The lowest BCUT2D eigenvalue weighted by Crippen LogP contribution is -2.17. The Kier molecular flexibility index (Phi) is 6.33. The van der Waals surface area contributed by atoms with Crippen LogP contribution in [0.25, 0.3) is 5.31 Å². The van der Waals surface area contributed by atoms with Gasteiger partial charge in [-0.15, -0.1) is 0 Å². The molecule has 26 heavy (non-hydrogen) atoms. The Labute approximate surface area is 171 Å². The molecule has 0 unspecified atom stereocenters. The number of alkyl halides is 1. The van der Waals surface area contributed by atoms with Gasteiger partial charge in [0.05, 0.1) is 0 Å². The molecule has 0 aromatic heterocycles. The van der Waals surface area contributed by atoms with Crippen molar-refractivity contribution in [1.82, 2.24) is 0 Å². The van der Waals surface area contributed by atoms with Crippen LogP contribution in [0.1, 0.15) is 5.56 Å². The van der Waals surface area contributed by atoms with Gasteiger partial charge in [0, 0.05) is 24.5 Å². The van der Waals surface area contributed by atoms with Crippen molar-refractivity contribution < 1.29 is 8.96 Å². The Morgan fingerprint density at radius 3 is 1.73 bits per heavy atom. The van der Waals surface area contributed by atoms with Gasteiger partial charge in [0.15, 0.2) is 7.14 Å². The van der Waals surface area contributed by atoms with Gasteiger partial charge in [-0.1, -0.05) is 84.4 Å². The monoisotopic (exact) mass is 496 g/mol. The zero-order chi connectivity index (χ0) is 18.6. The molecular weight excluding hydrogens is 481 g/mol. The minimum Gasteiger partial charge on any atom is -0.309 e. The molecule has 0 radical (unpaired) electrons. The fraction of sp³-hybridized carbons (Fsp3) is 0.0476. The van der Waals surface area contributed by atoms with Gasteiger partial charge in [-0.3, -0.25) is 0 Å². The van der Waals surface area contributed by atoms with Crippen molar-refractivity contribution in [1.29, 1.82) is 0 Å². The largest absolute Gasteiger partial charge is 0.309 e. The Morgan fingerprint density at radius 2 is 1.31 bits per heavy atom. The Morgan fingerprint density at radius 1 is 0.846 bits per heavy atom. The van der Waals surface area contributed by atoms with Crippen LogP contribution in [-0.4, -0.2) is 6.67 Å². The van der Waals surface area contributed by atoms with Gasteiger partial charge in [0.25, 0.3) is 0 Å². The Balaban J connectivity index is 2.35. The summed E-state index contributed by atoms with van der Waals surface area (Å²) >= 11 is 7.97. The summed E-state index contributed by atoms with van der Waals surface area (Å²) in [5.41, 5.74) is 0.715. The molecule has 1 nitrogen and oxygen atoms in total. The van der Waals surface area contributed by atoms with Crippen LogP contribution in [0.4, 0.5) is 4.39 Å². The average Bonchev–Trinajstić information content (AvgIpc) is 2.70. The van der Waals surface area contributed by atoms with E-state index < -0.39 is 13.8 Å². The third kappa shape index (κ3) is 3.80. The maximum atomic E-state index is 14.5. The van der Waals surface area contributed by atoms with Crippen molar-refractivity contribution in [2.75, 3.05) is 6.67 Å². The summed E-state index contributed by atoms with van der Waals surface area (Å²) in [5.74, 6) is 0. The predicted molar refractivity (Wildman–Crippen MR) is 118 cm³/mol. The van der Waals surface area contributed by atoms with E-state index in [2.05, 4.69) is 0 Å². The number of hydrogen-bond donors (Lipinski definition) is 0. The van der Waals surface area contributed by atoms with Crippen LogP contribution in [0.5, 0.6) is 0 Å². The maximum absolute atomic E-state index is 14.5. The van der Waals surface area contributed by atoms with Crippen LogP contribution >= 0.6 is 41.3 Å². The van der Waals surface area contributed by atoms with Crippen LogP contribution in [0.15, 0.2) is 88.5 Å². The van der Waals surface area contributed by atoms with E-state index in [1.165, 1.54) is 0 Å². The van der Waals surface area contributed by atoms with E-state index in [-0.39, 0.29) is 0 Å². The second-order valence-corrected chi connectivity index (χ2v) is 10.1. The first-order valence-corrected chi connectivity index (χ1v) is 11.2. The van der Waals surface area contributed by atoms with E-state index in [4.69, 9.17) is 11.6 Å². The average molecular weight is 497 g/mol. The van der Waals surface area contributed by atoms with E-state index >= 15 is 0 Å². The van der Waals surface area contributed by atoms with E-state index in [1.54, 1.807) is 24.3 Å². The zero-order valence-electron chi connectivity index (χ0n) is 13.8. The van der Waals surface area contributed by atoms with Crippen LogP contribution < -0.4 is 10.6 Å². The first-order chi connectivity index (χ1) is 12.6. The third-order valence-electron chi connectivity index (χ3n) is 4.05. The predicted octanol–water partition coefficient (Wildman–Crippen LogP) is 6.43. The molecule has 132 valence electrons. The summed E-state index contributed by atoms with van der Waals surface area (Å²) in [4.78, 5) is 0. The second-order valence-electron chi connectivity index (χ2n) is 5.67. The molecule has 3 aromatic carbocycles. The highest BCUT2D eigenvalue weighted by molar-refractivity contribution is 14.1. The van der Waals surface area contributed by atoms with Gasteiger partial charge in [0.2, 0.25) is 0 Å². The number of rotatable bonds is 5. The van der Waals surface area contributed by atoms with Crippen LogP contribution in [-0.2, 0) is 4.57 Å². The SMILES string of the molecule is O=P(/C(=C(/I)CF)c1ccc(Cl)cc1)(c1ccccc1)c1ccccc1. The summed E-state index contributed by atoms with van der Waals surface area (Å²) in [7, 11) is -3.25. The van der Waals surface area contributed by atoms with Crippen molar-refractivity contribution in [3.05, 3.63) is 99.1 Å². The first kappa shape index (κ1) is 19.3. The van der Waals surface area contributed by atoms with Gasteiger partial charge in [-0.05, 0) is 40.3 Å². The quantitative estimate of drug-likeness (QED) is 0.294. The molecule has 0 atom stereocenters. The third-order valence-corrected chi connectivity index (χ3v) is 8.76. The molecule has 0 saturated carbocycles. The fourth-order valence-corrected chi connectivity index (χ4v) is 7.23. The molecule has 0 N–H and O–H groups in total. The molecule has 0 heterocycles. The second kappa shape index (κ2) is 8.51. The Hall–Kier alpha value is -1.42. The minimum atomic E-state index is -3.25. The summed E-state index contributed by atoms with van der Waals surface area (Å²) in [6, 6.07) is 25.6. The molecule has 0 bridgehead atoms. The molecule has 5 heteroatoms. The molecule has 0 fully saturated rings. The van der Waals surface area contributed by atoms with Crippen molar-refractivity contribution >= 4 is 57.3 Å². The minimum absolute atomic E-state index is 0.431. The number of benzene rings is 3. The molecule has 0 saturated heterocycles. The van der Waals surface area contributed by atoms with Gasteiger partial charge in [0.1, 0.15) is 6.67 Å². The molecule has 3 rings (SSSR count). The molecule has 0 aliphatic carbocycles. The summed E-state index contributed by atoms with van der Waals surface area (Å²) < 4.78 is 28.7. The molecular formula is C21H16ClFIOP. The maximum Gasteiger partial charge on any atom is 0.172 e. The topological polar surface area (TPSA) is 17.1 Å². The fourth-order valence-electron chi connectivity index (χ4n) is 2.86. The zero-order valence-corrected chi connectivity index (χ0v) is 17.6. The number of halogens is 3. The number of allylic oxidation sites excluding steroid dienone is 1. The van der Waals surface area contributed by atoms with Crippen molar-refractivity contribution in [2.45, 2.75) is 0 Å². The van der Waals surface area contributed by atoms with Gasteiger partial charge < -0.3 is 4.57 Å². The lowest BCUT2D eigenvalue weighted by Gasteiger charge is -2.24. The van der Waals surface area contributed by atoms with Crippen molar-refractivity contribution in [3.63, 3.8) is 0 Å². The van der Waals surface area contributed by atoms with Gasteiger partial charge >= 0.3 is 0 Å². The van der Waals surface area contributed by atoms with Gasteiger partial charge in [-0.2, -0.15) is 0 Å². The normalized spacial score (nSPS) is 12.6. The summed E-state index contributed by atoms with van der Waals surface area (Å²) in [6.45, 7) is -0.678. The van der Waals surface area contributed by atoms with Crippen LogP contribution in [0, 0.1) is 0 Å². The summed E-state index contributed by atoms with van der Waals surface area (Å²) in [5, 5.41) is 2.46. The van der Waals surface area contributed by atoms with Crippen LogP contribution in [0.3, 0.4) is 0 Å². The molecule has 0 aliphatic rings. The van der Waals surface area contributed by atoms with E-state index in [0.717, 1.165) is 0 Å². The standard InChI is InChI=1S/C21H16ClFIOP/c22-17-13-11-16(12-14-17)21(20(24)15-23)26(25,18-7-3-1-4-8-18)19-9-5-2-6-10-19/h1-14H,15H2/b21-20+. The van der Waals surface area contributed by atoms with E-state index in [9.17, 15) is 8.96 Å². The summed E-state index contributed by atoms with van der Waals surface area (Å²) in [6.07, 6.45) is 0. The molecule has 0 aliphatic heterocycles.